The molecule has 3 aromatic rings. The lowest BCUT2D eigenvalue weighted by Crippen LogP contribution is -2.58. The number of halogens is 1. The van der Waals surface area contributed by atoms with E-state index in [1.54, 1.807) is 12.1 Å². The monoisotopic (exact) mass is 473 g/mol. The van der Waals surface area contributed by atoms with Gasteiger partial charge in [-0.3, -0.25) is 9.69 Å². The molecule has 2 fully saturated rings. The molecular weight excluding hydrogens is 445 g/mol. The number of pyridine rings is 1. The van der Waals surface area contributed by atoms with E-state index in [2.05, 4.69) is 20.1 Å². The van der Waals surface area contributed by atoms with Gasteiger partial charge in [0, 0.05) is 55.1 Å². The minimum atomic E-state index is -0.593. The second kappa shape index (κ2) is 8.94. The molecule has 180 valence electrons. The fourth-order valence-corrected chi connectivity index (χ4v) is 5.37. The summed E-state index contributed by atoms with van der Waals surface area (Å²) in [7, 11) is 0. The first-order valence-corrected chi connectivity index (χ1v) is 12.1. The van der Waals surface area contributed by atoms with E-state index in [0.29, 0.717) is 29.3 Å². The molecule has 0 unspecified atom stereocenters. The van der Waals surface area contributed by atoms with Gasteiger partial charge in [0.2, 0.25) is 5.95 Å². The molecule has 3 N–H and O–H groups in total. The van der Waals surface area contributed by atoms with Crippen molar-refractivity contribution >= 4 is 17.4 Å². The molecule has 0 spiro atoms. The average Bonchev–Trinajstić information content (AvgIpc) is 2.89. The number of carbonyl (C=O) groups excluding carboxylic acids is 1. The largest absolute Gasteiger partial charge is 0.383 e. The molecule has 4 heterocycles. The average molecular weight is 474 g/mol. The van der Waals surface area contributed by atoms with E-state index in [9.17, 15) is 9.18 Å². The van der Waals surface area contributed by atoms with Crippen molar-refractivity contribution < 1.29 is 13.9 Å². The Morgan fingerprint density at radius 2 is 1.83 bits per heavy atom. The van der Waals surface area contributed by atoms with Crippen molar-refractivity contribution in [1.82, 2.24) is 15.2 Å². The maximum atomic E-state index is 14.9. The van der Waals surface area contributed by atoms with Gasteiger partial charge >= 0.3 is 0 Å². The van der Waals surface area contributed by atoms with E-state index < -0.39 is 5.95 Å². The molecule has 7 nitrogen and oxygen atoms in total. The molecular formula is C27H28FN5O2. The summed E-state index contributed by atoms with van der Waals surface area (Å²) in [5, 5.41) is 2.85. The van der Waals surface area contributed by atoms with Gasteiger partial charge in [-0.25, -0.2) is 4.98 Å². The van der Waals surface area contributed by atoms with Crippen LogP contribution >= 0.6 is 0 Å². The molecule has 2 aromatic carbocycles. The van der Waals surface area contributed by atoms with Crippen LogP contribution in [0.25, 0.3) is 22.3 Å². The van der Waals surface area contributed by atoms with Crippen molar-refractivity contribution in [2.45, 2.75) is 12.5 Å². The minimum absolute atomic E-state index is 0.0683. The quantitative estimate of drug-likeness (QED) is 0.569. The Hall–Kier alpha value is -3.49. The summed E-state index contributed by atoms with van der Waals surface area (Å²) in [6, 6.07) is 15.7. The van der Waals surface area contributed by atoms with Crippen LogP contribution in [-0.2, 0) is 11.2 Å². The van der Waals surface area contributed by atoms with Gasteiger partial charge in [-0.05, 0) is 47.4 Å². The van der Waals surface area contributed by atoms with Gasteiger partial charge in [-0.2, -0.15) is 4.39 Å². The highest BCUT2D eigenvalue weighted by atomic mass is 19.1. The van der Waals surface area contributed by atoms with Crippen LogP contribution in [0.1, 0.15) is 15.9 Å². The zero-order valence-electron chi connectivity index (χ0n) is 19.5. The number of benzene rings is 2. The van der Waals surface area contributed by atoms with Crippen molar-refractivity contribution in [3.05, 3.63) is 65.6 Å². The third kappa shape index (κ3) is 4.13. The number of rotatable bonds is 3. The van der Waals surface area contributed by atoms with Crippen LogP contribution in [0.15, 0.2) is 48.5 Å². The second-order valence-corrected chi connectivity index (χ2v) is 9.39. The first-order valence-electron chi connectivity index (χ1n) is 12.1. The van der Waals surface area contributed by atoms with E-state index in [-0.39, 0.29) is 11.7 Å². The summed E-state index contributed by atoms with van der Waals surface area (Å²) < 4.78 is 20.6. The fourth-order valence-electron chi connectivity index (χ4n) is 5.37. The number of carbonyl (C=O) groups is 1. The molecule has 8 heteroatoms. The number of hydrogen-bond donors (Lipinski definition) is 2. The van der Waals surface area contributed by atoms with Crippen molar-refractivity contribution in [3.8, 4) is 22.3 Å². The molecule has 0 radical (unpaired) electrons. The third-order valence-electron chi connectivity index (χ3n) is 7.33. The number of nitrogen functional groups attached to an aromatic ring is 1. The summed E-state index contributed by atoms with van der Waals surface area (Å²) in [6.45, 7) is 6.11. The number of nitrogens with zero attached hydrogens (tertiary/aromatic N) is 3. The van der Waals surface area contributed by atoms with E-state index >= 15 is 0 Å². The van der Waals surface area contributed by atoms with Gasteiger partial charge in [0.25, 0.3) is 5.91 Å². The van der Waals surface area contributed by atoms with Gasteiger partial charge in [0.15, 0.2) is 0 Å². The van der Waals surface area contributed by atoms with Crippen LogP contribution in [0.3, 0.4) is 0 Å². The lowest BCUT2D eigenvalue weighted by atomic mass is 9.94. The normalized spacial score (nSPS) is 20.2. The number of piperazine rings is 1. The number of anilines is 2. The summed E-state index contributed by atoms with van der Waals surface area (Å²) in [4.78, 5) is 21.0. The first-order chi connectivity index (χ1) is 17.1. The first kappa shape index (κ1) is 22.0. The van der Waals surface area contributed by atoms with Crippen LogP contribution < -0.4 is 16.0 Å². The van der Waals surface area contributed by atoms with Crippen LogP contribution in [-0.4, -0.2) is 67.8 Å². The topological polar surface area (TPSA) is 83.7 Å². The number of fused-ring (bicyclic) bond motifs is 2. The Kier molecular flexibility index (Phi) is 5.62. The van der Waals surface area contributed by atoms with Crippen LogP contribution in [0.5, 0.6) is 0 Å². The molecule has 0 aliphatic carbocycles. The molecule has 2 saturated heterocycles. The molecule has 3 aliphatic rings. The predicted molar refractivity (Wildman–Crippen MR) is 134 cm³/mol. The number of amides is 1. The molecule has 0 bridgehead atoms. The van der Waals surface area contributed by atoms with Gasteiger partial charge in [0.05, 0.1) is 19.3 Å². The van der Waals surface area contributed by atoms with Crippen LogP contribution in [0, 0.1) is 5.95 Å². The maximum Gasteiger partial charge on any atom is 0.251 e. The summed E-state index contributed by atoms with van der Waals surface area (Å²) in [5.41, 5.74) is 11.5. The van der Waals surface area contributed by atoms with E-state index in [1.807, 2.05) is 36.4 Å². The van der Waals surface area contributed by atoms with Crippen molar-refractivity contribution in [1.29, 1.82) is 0 Å². The minimum Gasteiger partial charge on any atom is -0.383 e. The highest BCUT2D eigenvalue weighted by molar-refractivity contribution is 5.97. The number of nitrogens with two attached hydrogens (primary N) is 1. The SMILES string of the molecule is Nc1nc(F)c(-c2ccc(N3CCN4CCOC[C@H]4C3)cc2)cc1-c1ccc2c(c1)CCNC2=O. The zero-order valence-corrected chi connectivity index (χ0v) is 19.5. The lowest BCUT2D eigenvalue weighted by molar-refractivity contribution is -0.0116. The Morgan fingerprint density at radius 1 is 1.00 bits per heavy atom. The molecule has 0 saturated carbocycles. The second-order valence-electron chi connectivity index (χ2n) is 9.39. The molecule has 1 amide bonds. The number of aromatic nitrogens is 1. The van der Waals surface area contributed by atoms with Crippen LogP contribution in [0.4, 0.5) is 15.9 Å². The third-order valence-corrected chi connectivity index (χ3v) is 7.33. The molecule has 1 aromatic heterocycles. The Balaban J connectivity index is 1.28. The number of nitrogens with one attached hydrogen (secondary N) is 1. The summed E-state index contributed by atoms with van der Waals surface area (Å²) >= 11 is 0. The van der Waals surface area contributed by atoms with Crippen molar-refractivity contribution in [3.63, 3.8) is 0 Å². The number of hydrogen-bond acceptors (Lipinski definition) is 6. The Labute approximate surface area is 203 Å². The smallest absolute Gasteiger partial charge is 0.251 e. The van der Waals surface area contributed by atoms with Gasteiger partial charge < -0.3 is 20.7 Å². The Morgan fingerprint density at radius 3 is 2.69 bits per heavy atom. The van der Waals surface area contributed by atoms with Crippen molar-refractivity contribution in [2.24, 2.45) is 0 Å². The van der Waals surface area contributed by atoms with Gasteiger partial charge in [-0.15, -0.1) is 0 Å². The number of morpholine rings is 1. The highest BCUT2D eigenvalue weighted by Gasteiger charge is 2.29. The fraction of sp³-hybridized carbons (Fsp3) is 0.333. The zero-order chi connectivity index (χ0) is 23.9. The molecule has 35 heavy (non-hydrogen) atoms. The standard InChI is InChI=1S/C27H28FN5O2/c28-25-23(14-24(26(29)31-25)18-3-6-22-19(13-18)7-8-30-27(22)34)17-1-4-20(5-2-17)33-10-9-32-11-12-35-16-21(32)15-33/h1-6,13-14,21H,7-12,15-16H2,(H2,29,31)(H,30,34)/t21-/m1/s1. The van der Waals surface area contributed by atoms with E-state index in [4.69, 9.17) is 10.5 Å². The van der Waals surface area contributed by atoms with E-state index in [1.165, 1.54) is 0 Å². The summed E-state index contributed by atoms with van der Waals surface area (Å²) in [6.07, 6.45) is 0.749. The molecule has 1 atom stereocenters. The lowest BCUT2D eigenvalue weighted by Gasteiger charge is -2.44. The molecule has 3 aliphatic heterocycles. The summed E-state index contributed by atoms with van der Waals surface area (Å²) in [5.74, 6) is -0.527. The van der Waals surface area contributed by atoms with Gasteiger partial charge in [-0.1, -0.05) is 24.3 Å². The van der Waals surface area contributed by atoms with Crippen LogP contribution in [0.2, 0.25) is 0 Å². The number of ether oxygens (including phenoxy) is 1. The van der Waals surface area contributed by atoms with Gasteiger partial charge in [0.1, 0.15) is 5.82 Å². The maximum absolute atomic E-state index is 14.9. The Bertz CT molecular complexity index is 1280. The highest BCUT2D eigenvalue weighted by Crippen LogP contribution is 2.34. The predicted octanol–water partition coefficient (Wildman–Crippen LogP) is 2.94. The molecule has 6 rings (SSSR count). The van der Waals surface area contributed by atoms with Crippen molar-refractivity contribution in [2.75, 3.05) is 56.6 Å². The van der Waals surface area contributed by atoms with E-state index in [0.717, 1.165) is 68.2 Å².